The first-order chi connectivity index (χ1) is 27.9. The molecule has 1 amide bonds. The van der Waals surface area contributed by atoms with Gasteiger partial charge in [0.15, 0.2) is 24.0 Å². The van der Waals surface area contributed by atoms with E-state index in [0.29, 0.717) is 12.2 Å². The van der Waals surface area contributed by atoms with Crippen LogP contribution in [0.1, 0.15) is 73.3 Å². The largest absolute Gasteiger partial charge is 0.509 e. The lowest BCUT2D eigenvalue weighted by atomic mass is 9.75. The number of rotatable bonds is 9. The number of aliphatic hydroxyl groups excluding tert-OH is 1. The minimum Gasteiger partial charge on any atom is -0.458 e. The van der Waals surface area contributed by atoms with Crippen molar-refractivity contribution in [1.29, 1.82) is 0 Å². The lowest BCUT2D eigenvalue weighted by molar-refractivity contribution is -0.293. The smallest absolute Gasteiger partial charge is 0.458 e. The van der Waals surface area contributed by atoms with Crippen LogP contribution in [-0.2, 0) is 42.8 Å². The molecule has 0 spiro atoms. The van der Waals surface area contributed by atoms with Crippen molar-refractivity contribution in [3.63, 3.8) is 0 Å². The minimum atomic E-state index is -1.80. The fourth-order valence-corrected chi connectivity index (χ4v) is 8.31. The predicted molar refractivity (Wildman–Crippen MR) is 213 cm³/mol. The summed E-state index contributed by atoms with van der Waals surface area (Å²) in [5.41, 5.74) is -0.144. The Balaban J connectivity index is 1.46. The third-order valence-electron chi connectivity index (χ3n) is 11.6. The van der Waals surface area contributed by atoms with Gasteiger partial charge in [-0.2, -0.15) is 0 Å². The van der Waals surface area contributed by atoms with Crippen LogP contribution in [0.3, 0.4) is 0 Å². The van der Waals surface area contributed by atoms with E-state index in [2.05, 4.69) is 15.3 Å². The van der Waals surface area contributed by atoms with Crippen molar-refractivity contribution in [2.75, 3.05) is 20.7 Å². The lowest BCUT2D eigenvalue weighted by Gasteiger charge is -2.46. The van der Waals surface area contributed by atoms with E-state index in [9.17, 15) is 29.1 Å². The van der Waals surface area contributed by atoms with Gasteiger partial charge in [0.1, 0.15) is 42.2 Å². The highest BCUT2D eigenvalue weighted by atomic mass is 16.8. The molecule has 2 unspecified atom stereocenters. The highest BCUT2D eigenvalue weighted by Crippen LogP contribution is 2.38. The quantitative estimate of drug-likeness (QED) is 0.199. The van der Waals surface area contributed by atoms with E-state index < -0.39 is 96.1 Å². The van der Waals surface area contributed by atoms with Crippen molar-refractivity contribution in [2.45, 2.75) is 122 Å². The van der Waals surface area contributed by atoms with E-state index >= 15 is 0 Å². The van der Waals surface area contributed by atoms with E-state index in [0.717, 1.165) is 11.1 Å². The molecule has 3 aliphatic heterocycles. The molecule has 1 aromatic carbocycles. The number of alkyl carbamates (subject to hydrolysis) is 1. The van der Waals surface area contributed by atoms with Crippen LogP contribution in [0.25, 0.3) is 17.5 Å². The number of nitrogens with one attached hydrogen (secondary N) is 1. The van der Waals surface area contributed by atoms with Gasteiger partial charge in [0, 0.05) is 41.8 Å². The number of carbonyl (C=O) groups excluding carboxylic acids is 5. The Labute approximate surface area is 345 Å². The molecular weight excluding hydrogens is 764 g/mol. The number of benzene rings is 1. The second-order valence-corrected chi connectivity index (χ2v) is 16.3. The zero-order valence-electron chi connectivity index (χ0n) is 35.2. The number of hydrogen-bond donors (Lipinski definition) is 2. The zero-order chi connectivity index (χ0) is 43.2. The predicted octanol–water partition coefficient (Wildman–Crippen LogP) is 4.77. The van der Waals surface area contributed by atoms with Gasteiger partial charge in [0.25, 0.3) is 0 Å². The van der Waals surface area contributed by atoms with Crippen LogP contribution < -0.4 is 5.32 Å². The van der Waals surface area contributed by atoms with Gasteiger partial charge in [0.05, 0.1) is 12.1 Å². The second kappa shape index (κ2) is 19.5. The van der Waals surface area contributed by atoms with Crippen LogP contribution in [0.15, 0.2) is 48.8 Å². The topological polar surface area (TPSA) is 202 Å². The Hall–Kier alpha value is -4.77. The Morgan fingerprint density at radius 3 is 2.32 bits per heavy atom. The molecule has 0 aliphatic carbocycles. The van der Waals surface area contributed by atoms with E-state index in [1.165, 1.54) is 20.8 Å². The summed E-state index contributed by atoms with van der Waals surface area (Å²) in [6.45, 7) is 11.1. The maximum atomic E-state index is 14.3. The summed E-state index contributed by atoms with van der Waals surface area (Å²) in [7, 11) is 3.63. The monoisotopic (exact) mass is 822 g/mol. The van der Waals surface area contributed by atoms with Crippen LogP contribution in [0.4, 0.5) is 9.59 Å². The molecule has 3 fully saturated rings. The molecule has 0 bridgehead atoms. The maximum Gasteiger partial charge on any atom is 0.509 e. The third kappa shape index (κ3) is 10.7. The average molecular weight is 823 g/mol. The van der Waals surface area contributed by atoms with Crippen molar-refractivity contribution >= 4 is 35.9 Å². The van der Waals surface area contributed by atoms with Crippen molar-refractivity contribution in [3.05, 3.63) is 54.4 Å². The Morgan fingerprint density at radius 2 is 1.68 bits per heavy atom. The van der Waals surface area contributed by atoms with Crippen LogP contribution in [0, 0.1) is 23.7 Å². The van der Waals surface area contributed by atoms with Crippen molar-refractivity contribution in [2.24, 2.45) is 23.7 Å². The molecule has 0 radical (unpaired) electrons. The number of amides is 1. The molecule has 3 saturated heterocycles. The van der Waals surface area contributed by atoms with Gasteiger partial charge in [-0.05, 0) is 71.8 Å². The first kappa shape index (κ1) is 45.3. The maximum absolute atomic E-state index is 14.3. The standard InChI is InChI=1S/C43H58N4O12/c1-10-31-36-32(46-41(52)57-36)25(4)33(48)23(2)22-43(7,59-42(53)54-20-11-13-28-14-16-29(17-15-28)38-44-18-12-19-45-38)37(26(5)34(49)27(6)39(51)56-31)58-40-35(50)30(47(8)9)21-24(3)55-40/h11-19,23-27,30-32,35-37,40,50H,10,20-22H2,1-9H3,(H,46,52)/b13-11+/t23-,24-,25-,26+,27-,30+,31-,32+,35-,36-,37?,40?,43-/m1/s1. The van der Waals surface area contributed by atoms with E-state index in [1.54, 1.807) is 51.4 Å². The first-order valence-electron chi connectivity index (χ1n) is 20.2. The highest BCUT2D eigenvalue weighted by Gasteiger charge is 2.53. The summed E-state index contributed by atoms with van der Waals surface area (Å²) in [5.74, 6) is -5.44. The number of nitrogens with zero attached hydrogens (tertiary/aromatic N) is 3. The molecule has 5 rings (SSSR count). The van der Waals surface area contributed by atoms with Crippen LogP contribution in [0.5, 0.6) is 0 Å². The summed E-state index contributed by atoms with van der Waals surface area (Å²) in [4.78, 5) is 78.9. The molecule has 13 atom stereocenters. The second-order valence-electron chi connectivity index (χ2n) is 16.3. The Bertz CT molecular complexity index is 1830. The van der Waals surface area contributed by atoms with Gasteiger partial charge < -0.3 is 43.7 Å². The minimum absolute atomic E-state index is 0.182. The van der Waals surface area contributed by atoms with Crippen molar-refractivity contribution < 1.29 is 57.5 Å². The van der Waals surface area contributed by atoms with Gasteiger partial charge >= 0.3 is 18.2 Å². The average Bonchev–Trinajstić information content (AvgIpc) is 3.61. The number of esters is 1. The number of hydrogen-bond acceptors (Lipinski definition) is 15. The number of fused-ring (bicyclic) bond motifs is 1. The Morgan fingerprint density at radius 1 is 1.00 bits per heavy atom. The SMILES string of the molecule is CC[C@H]1OC(=O)[C@H](C)C(=O)[C@H](C)C(OC2O[C@H](C)C[C@H](N(C)C)[C@H]2O)[C@](C)(OC(=O)OC/C=C/c2ccc(-c3ncccn3)cc2)C[C@@H](C)C(=O)[C@H](C)[C@@H]2NC(=O)O[C@@H]21. The van der Waals surface area contributed by atoms with E-state index in [1.807, 2.05) is 50.2 Å². The summed E-state index contributed by atoms with van der Waals surface area (Å²) >= 11 is 0. The summed E-state index contributed by atoms with van der Waals surface area (Å²) < 4.78 is 35.7. The molecule has 0 saturated carbocycles. The van der Waals surface area contributed by atoms with Crippen molar-refractivity contribution in [3.8, 4) is 11.4 Å². The van der Waals surface area contributed by atoms with Crippen LogP contribution >= 0.6 is 0 Å². The molecule has 322 valence electrons. The summed E-state index contributed by atoms with van der Waals surface area (Å²) in [5, 5.41) is 14.2. The van der Waals surface area contributed by atoms with Crippen LogP contribution in [-0.4, -0.2) is 125 Å². The molecule has 59 heavy (non-hydrogen) atoms. The number of aromatic nitrogens is 2. The molecule has 16 heteroatoms. The zero-order valence-corrected chi connectivity index (χ0v) is 35.2. The molecule has 2 N–H and O–H groups in total. The fraction of sp³-hybridized carbons (Fsp3) is 0.605. The summed E-state index contributed by atoms with van der Waals surface area (Å²) in [6.07, 6.45) is -0.827. The molecule has 4 heterocycles. The summed E-state index contributed by atoms with van der Waals surface area (Å²) in [6, 6.07) is 7.95. The molecule has 1 aromatic heterocycles. The third-order valence-corrected chi connectivity index (χ3v) is 11.6. The number of Topliss-reactive ketones (excluding diaryl/α,β-unsaturated/α-hetero) is 2. The van der Waals surface area contributed by atoms with E-state index in [4.69, 9.17) is 28.4 Å². The Kier molecular flexibility index (Phi) is 15.0. The number of carbonyl (C=O) groups is 5. The van der Waals surface area contributed by atoms with E-state index in [-0.39, 0.29) is 31.3 Å². The van der Waals surface area contributed by atoms with Gasteiger partial charge in [0.2, 0.25) is 0 Å². The highest BCUT2D eigenvalue weighted by molar-refractivity contribution is 6.00. The molecule has 16 nitrogen and oxygen atoms in total. The molecular formula is C43H58N4O12. The lowest BCUT2D eigenvalue weighted by Crippen LogP contribution is -2.60. The van der Waals surface area contributed by atoms with Crippen molar-refractivity contribution in [1.82, 2.24) is 20.2 Å². The number of cyclic esters (lactones) is 1. The van der Waals surface area contributed by atoms with Crippen LogP contribution in [0.2, 0.25) is 0 Å². The molecule has 3 aliphatic rings. The normalized spacial score (nSPS) is 34.7. The van der Waals surface area contributed by atoms with Gasteiger partial charge in [-0.15, -0.1) is 0 Å². The number of ether oxygens (including phenoxy) is 6. The first-order valence-corrected chi connectivity index (χ1v) is 20.2. The number of aliphatic hydroxyl groups is 1. The number of ketones is 2. The molecule has 2 aromatic rings. The van der Waals surface area contributed by atoms with Gasteiger partial charge in [-0.25, -0.2) is 19.6 Å². The van der Waals surface area contributed by atoms with Gasteiger partial charge in [-0.1, -0.05) is 58.0 Å². The van der Waals surface area contributed by atoms with Gasteiger partial charge in [-0.3, -0.25) is 14.4 Å². The fourth-order valence-electron chi connectivity index (χ4n) is 8.31. The number of likely N-dealkylation sites (N-methyl/N-ethyl adjacent to an activating group) is 1.